The summed E-state index contributed by atoms with van der Waals surface area (Å²) in [6, 6.07) is 8.35. The number of nitrogens with zero attached hydrogens (tertiary/aromatic N) is 2. The predicted molar refractivity (Wildman–Crippen MR) is 150 cm³/mol. The Bertz CT molecular complexity index is 648. The van der Waals surface area contributed by atoms with Crippen molar-refractivity contribution in [1.82, 2.24) is 15.7 Å². The van der Waals surface area contributed by atoms with Gasteiger partial charge in [0, 0.05) is 45.7 Å². The van der Waals surface area contributed by atoms with Crippen LogP contribution in [0.1, 0.15) is 63.4 Å². The van der Waals surface area contributed by atoms with Gasteiger partial charge >= 0.3 is 0 Å². The normalized spacial score (nSPS) is 10.1. The highest BCUT2D eigenvalue weighted by atomic mass is 79.9. The van der Waals surface area contributed by atoms with E-state index in [1.165, 1.54) is 0 Å². The molecule has 0 radical (unpaired) electrons. The van der Waals surface area contributed by atoms with Crippen LogP contribution in [0.15, 0.2) is 24.3 Å². The lowest BCUT2D eigenvalue weighted by molar-refractivity contribution is -0.132. The van der Waals surface area contributed by atoms with E-state index in [-0.39, 0.29) is 45.8 Å². The van der Waals surface area contributed by atoms with Crippen molar-refractivity contribution in [3.63, 3.8) is 0 Å². The molecule has 34 heavy (non-hydrogen) atoms. The Morgan fingerprint density at radius 3 is 2.09 bits per heavy atom. The van der Waals surface area contributed by atoms with Gasteiger partial charge in [0.05, 0.1) is 0 Å². The number of hydrogen-bond donors (Lipinski definition) is 4. The number of nitrogens with two attached hydrogens (primary N) is 1. The predicted octanol–water partition coefficient (Wildman–Crippen LogP) is 3.80. The summed E-state index contributed by atoms with van der Waals surface area (Å²) < 4.78 is 0. The van der Waals surface area contributed by atoms with E-state index in [0.29, 0.717) is 19.4 Å². The quantitative estimate of drug-likeness (QED) is 0.114. The van der Waals surface area contributed by atoms with Crippen LogP contribution < -0.4 is 21.4 Å². The van der Waals surface area contributed by atoms with Crippen molar-refractivity contribution in [3.8, 4) is 0 Å². The number of carbonyl (C=O) groups excluding carboxylic acids is 2. The van der Waals surface area contributed by atoms with Crippen LogP contribution in [0.2, 0.25) is 0 Å². The summed E-state index contributed by atoms with van der Waals surface area (Å²) in [6.07, 6.45) is 7.18. The van der Waals surface area contributed by atoms with Gasteiger partial charge in [0.25, 0.3) is 0 Å². The fourth-order valence-electron chi connectivity index (χ4n) is 3.46. The molecule has 0 bridgehead atoms. The number of unbranched alkanes of at least 4 members (excludes halogenated alkanes) is 4. The second-order valence-corrected chi connectivity index (χ2v) is 8.42. The lowest BCUT2D eigenvalue weighted by Crippen LogP contribution is -2.33. The van der Waals surface area contributed by atoms with Gasteiger partial charge in [-0.25, -0.2) is 5.48 Å². The highest BCUT2D eigenvalue weighted by Gasteiger charge is 2.14. The first-order chi connectivity index (χ1) is 15.5. The number of hydrogen-bond acceptors (Lipinski definition) is 6. The maximum absolute atomic E-state index is 12.9. The molecule has 1 aromatic carbocycles. The highest BCUT2D eigenvalue weighted by Crippen LogP contribution is 2.15. The number of rotatable bonds is 18. The average molecular weight is 611 g/mol. The molecule has 0 heterocycles. The van der Waals surface area contributed by atoms with Crippen LogP contribution in [-0.4, -0.2) is 62.2 Å². The summed E-state index contributed by atoms with van der Waals surface area (Å²) in [5.74, 6) is -0.179. The second-order valence-electron chi connectivity index (χ2n) is 8.42. The van der Waals surface area contributed by atoms with Gasteiger partial charge in [-0.1, -0.05) is 25.0 Å². The Balaban J connectivity index is 0. The Morgan fingerprint density at radius 1 is 0.882 bits per heavy atom. The van der Waals surface area contributed by atoms with Crippen LogP contribution in [-0.2, 0) is 16.1 Å². The molecule has 0 fully saturated rings. The van der Waals surface area contributed by atoms with Gasteiger partial charge in [0.15, 0.2) is 0 Å². The third kappa shape index (κ3) is 16.4. The molecule has 8 nitrogen and oxygen atoms in total. The molecule has 0 saturated heterocycles. The molecule has 1 aromatic rings. The Kier molecular flexibility index (Phi) is 22.9. The molecule has 0 saturated carbocycles. The summed E-state index contributed by atoms with van der Waals surface area (Å²) in [5.41, 5.74) is 9.45. The molecule has 198 valence electrons. The molecule has 0 aliphatic carbocycles. The smallest absolute Gasteiger partial charge is 0.243 e. The Morgan fingerprint density at radius 2 is 1.50 bits per heavy atom. The van der Waals surface area contributed by atoms with Crippen LogP contribution in [0.25, 0.3) is 0 Å². The molecule has 0 aliphatic rings. The fourth-order valence-corrected chi connectivity index (χ4v) is 3.46. The SMILES string of the molecule is Br.Br.CN(C)c1ccc(CN(CCCNCCCCN)C(=O)CCCCCCC(=O)NO)cc1. The average Bonchev–Trinajstić information content (AvgIpc) is 2.79. The van der Waals surface area contributed by atoms with Crippen LogP contribution in [0.5, 0.6) is 0 Å². The number of nitrogens with one attached hydrogen (secondary N) is 2. The van der Waals surface area contributed by atoms with Crippen molar-refractivity contribution in [2.45, 2.75) is 64.3 Å². The monoisotopic (exact) mass is 609 g/mol. The zero-order chi connectivity index (χ0) is 23.6. The lowest BCUT2D eigenvalue weighted by Gasteiger charge is -2.24. The van der Waals surface area contributed by atoms with Gasteiger partial charge in [-0.05, 0) is 69.4 Å². The van der Waals surface area contributed by atoms with Gasteiger partial charge in [-0.2, -0.15) is 0 Å². The van der Waals surface area contributed by atoms with Crippen molar-refractivity contribution < 1.29 is 14.8 Å². The van der Waals surface area contributed by atoms with Crippen LogP contribution in [0, 0.1) is 0 Å². The zero-order valence-corrected chi connectivity index (χ0v) is 24.2. The molecule has 1 rings (SSSR count). The van der Waals surface area contributed by atoms with E-state index in [1.807, 2.05) is 19.0 Å². The molecule has 10 heteroatoms. The van der Waals surface area contributed by atoms with E-state index < -0.39 is 0 Å². The summed E-state index contributed by atoms with van der Waals surface area (Å²) in [4.78, 5) is 28.0. The van der Waals surface area contributed by atoms with Crippen molar-refractivity contribution in [3.05, 3.63) is 29.8 Å². The number of halogens is 2. The topological polar surface area (TPSA) is 111 Å². The third-order valence-electron chi connectivity index (χ3n) is 5.44. The van der Waals surface area contributed by atoms with E-state index in [2.05, 4.69) is 34.5 Å². The molecule has 0 unspecified atom stereocenters. The summed E-state index contributed by atoms with van der Waals surface area (Å²) >= 11 is 0. The first-order valence-electron chi connectivity index (χ1n) is 11.9. The van der Waals surface area contributed by atoms with Gasteiger partial charge < -0.3 is 20.9 Å². The van der Waals surface area contributed by atoms with Crippen LogP contribution in [0.3, 0.4) is 0 Å². The summed E-state index contributed by atoms with van der Waals surface area (Å²) in [7, 11) is 4.03. The van der Waals surface area contributed by atoms with E-state index in [4.69, 9.17) is 10.9 Å². The van der Waals surface area contributed by atoms with Gasteiger partial charge in [-0.15, -0.1) is 34.0 Å². The van der Waals surface area contributed by atoms with Gasteiger partial charge in [-0.3, -0.25) is 14.8 Å². The highest BCUT2D eigenvalue weighted by molar-refractivity contribution is 8.93. The molecule has 0 aromatic heterocycles. The summed E-state index contributed by atoms with van der Waals surface area (Å²) in [6.45, 7) is 3.93. The number of hydroxylamine groups is 1. The Hall–Kier alpha value is -1.20. The first-order valence-corrected chi connectivity index (χ1v) is 11.9. The van der Waals surface area contributed by atoms with E-state index in [9.17, 15) is 9.59 Å². The Labute approximate surface area is 226 Å². The number of carbonyl (C=O) groups is 2. The van der Waals surface area contributed by atoms with Crippen molar-refractivity contribution in [1.29, 1.82) is 0 Å². The molecular weight excluding hydrogens is 566 g/mol. The molecule has 0 aliphatic heterocycles. The largest absolute Gasteiger partial charge is 0.378 e. The summed E-state index contributed by atoms with van der Waals surface area (Å²) in [5, 5.41) is 11.9. The lowest BCUT2D eigenvalue weighted by atomic mass is 10.1. The third-order valence-corrected chi connectivity index (χ3v) is 5.44. The van der Waals surface area contributed by atoms with E-state index in [1.54, 1.807) is 5.48 Å². The standard InChI is InChI=1S/C24H43N5O3.2BrH/c1-28(2)22-14-12-21(13-15-22)20-29(19-9-18-26-17-8-7-16-25)24(31)11-6-4-3-5-10-23(30)27-32;;/h12-15,26,32H,3-11,16-20,25H2,1-2H3,(H,27,30);2*1H. The van der Waals surface area contributed by atoms with Crippen molar-refractivity contribution in [2.24, 2.45) is 5.73 Å². The second kappa shape index (κ2) is 22.3. The van der Waals surface area contributed by atoms with Crippen molar-refractivity contribution in [2.75, 3.05) is 45.2 Å². The molecule has 0 atom stereocenters. The van der Waals surface area contributed by atoms with Crippen molar-refractivity contribution >= 4 is 51.5 Å². The molecule has 0 spiro atoms. The minimum Gasteiger partial charge on any atom is -0.378 e. The molecule has 5 N–H and O–H groups in total. The molecular formula is C24H45Br2N5O3. The zero-order valence-electron chi connectivity index (χ0n) is 20.8. The minimum absolute atomic E-state index is 0. The van der Waals surface area contributed by atoms with Gasteiger partial charge in [0.1, 0.15) is 0 Å². The minimum atomic E-state index is -0.357. The maximum Gasteiger partial charge on any atom is 0.243 e. The maximum atomic E-state index is 12.9. The fraction of sp³-hybridized carbons (Fsp3) is 0.667. The number of benzene rings is 1. The number of amides is 2. The molecule has 2 amide bonds. The van der Waals surface area contributed by atoms with E-state index >= 15 is 0 Å². The van der Waals surface area contributed by atoms with Crippen LogP contribution in [0.4, 0.5) is 5.69 Å². The van der Waals surface area contributed by atoms with Crippen LogP contribution >= 0.6 is 34.0 Å². The van der Waals surface area contributed by atoms with Gasteiger partial charge in [0.2, 0.25) is 11.8 Å². The first kappa shape index (κ1) is 35.0. The number of anilines is 1. The van der Waals surface area contributed by atoms with E-state index in [0.717, 1.165) is 82.4 Å².